The first-order valence-electron chi connectivity index (χ1n) is 6.30. The van der Waals surface area contributed by atoms with Crippen LogP contribution in [0.15, 0.2) is 24.1 Å². The van der Waals surface area contributed by atoms with E-state index in [-0.39, 0.29) is 5.69 Å². The van der Waals surface area contributed by atoms with Gasteiger partial charge in [-0.05, 0) is 17.2 Å². The molecule has 0 fully saturated rings. The van der Waals surface area contributed by atoms with Crippen molar-refractivity contribution < 1.29 is 25.0 Å². The number of aromatic nitrogens is 1. The lowest BCUT2D eigenvalue weighted by molar-refractivity contribution is -0.386. The number of phenols is 2. The summed E-state index contributed by atoms with van der Waals surface area (Å²) >= 11 is 1.09. The third-order valence-electron chi connectivity index (χ3n) is 3.31. The van der Waals surface area contributed by atoms with E-state index in [1.807, 2.05) is 0 Å². The zero-order valence-corrected chi connectivity index (χ0v) is 12.7. The zero-order valence-electron chi connectivity index (χ0n) is 11.9. The number of hydrogen-bond donors (Lipinski definition) is 3. The van der Waals surface area contributed by atoms with Gasteiger partial charge < -0.3 is 15.3 Å². The first-order chi connectivity index (χ1) is 10.7. The second-order valence-electron chi connectivity index (χ2n) is 4.75. The van der Waals surface area contributed by atoms with Crippen LogP contribution < -0.4 is 0 Å². The van der Waals surface area contributed by atoms with Crippen LogP contribution in [0.25, 0.3) is 5.57 Å². The minimum atomic E-state index is -1.16. The van der Waals surface area contributed by atoms with E-state index in [9.17, 15) is 25.1 Å². The van der Waals surface area contributed by atoms with E-state index in [1.165, 1.54) is 11.4 Å². The number of carboxylic acid groups (broad SMARTS) is 1. The molecule has 3 N–H and O–H groups in total. The molecule has 1 aromatic carbocycles. The molecule has 1 aromatic heterocycles. The second kappa shape index (κ2) is 6.05. The third kappa shape index (κ3) is 3.14. The van der Waals surface area contributed by atoms with Crippen molar-refractivity contribution in [3.63, 3.8) is 0 Å². The van der Waals surface area contributed by atoms with Crippen LogP contribution in [0, 0.1) is 10.1 Å². The second-order valence-corrected chi connectivity index (χ2v) is 5.61. The fraction of sp³-hybridized carbons (Fsp3) is 0.143. The molecule has 0 spiro atoms. The number of nitro groups is 1. The van der Waals surface area contributed by atoms with E-state index < -0.39 is 34.0 Å². The summed E-state index contributed by atoms with van der Waals surface area (Å²) in [6, 6.07) is 2.33. The van der Waals surface area contributed by atoms with Gasteiger partial charge in [-0.25, -0.2) is 9.78 Å². The molecule has 0 amide bonds. The van der Waals surface area contributed by atoms with Gasteiger partial charge in [0.2, 0.25) is 5.75 Å². The summed E-state index contributed by atoms with van der Waals surface area (Å²) in [6.07, 6.45) is 0. The Labute approximate surface area is 134 Å². The normalized spacial score (nSPS) is 11.9. The van der Waals surface area contributed by atoms with Crippen molar-refractivity contribution >= 4 is 28.6 Å². The van der Waals surface area contributed by atoms with Crippen LogP contribution >= 0.6 is 11.3 Å². The fourth-order valence-corrected chi connectivity index (χ4v) is 2.78. The van der Waals surface area contributed by atoms with Crippen LogP contribution in [0.3, 0.4) is 0 Å². The molecular formula is C14H12N2O6S. The molecule has 1 heterocycles. The Morgan fingerprint density at radius 3 is 2.61 bits per heavy atom. The molecule has 120 valence electrons. The molecule has 8 nitrogen and oxygen atoms in total. The number of rotatable bonds is 5. The van der Waals surface area contributed by atoms with Crippen molar-refractivity contribution in [2.75, 3.05) is 0 Å². The number of carbonyl (C=O) groups is 1. The zero-order chi connectivity index (χ0) is 17.3. The maximum Gasteiger partial charge on any atom is 0.355 e. The minimum absolute atomic E-state index is 0.113. The van der Waals surface area contributed by atoms with Crippen molar-refractivity contribution in [3.05, 3.63) is 50.5 Å². The maximum absolute atomic E-state index is 10.9. The summed E-state index contributed by atoms with van der Waals surface area (Å²) in [5, 5.41) is 40.7. The highest BCUT2D eigenvalue weighted by Crippen LogP contribution is 2.41. The molecule has 1 unspecified atom stereocenters. The van der Waals surface area contributed by atoms with Crippen molar-refractivity contribution in [1.29, 1.82) is 0 Å². The lowest BCUT2D eigenvalue weighted by Crippen LogP contribution is -2.00. The molecule has 0 aliphatic rings. The highest BCUT2D eigenvalue weighted by atomic mass is 32.1. The number of allylic oxidation sites excluding steroid dienone is 1. The molecule has 1 atom stereocenters. The van der Waals surface area contributed by atoms with Gasteiger partial charge in [-0.15, -0.1) is 11.3 Å². The SMILES string of the molecule is C=C(c1nc(C(=O)O)cs1)C(C)c1cc(O)c(O)c([N+](=O)[O-])c1. The van der Waals surface area contributed by atoms with Crippen LogP contribution in [-0.2, 0) is 0 Å². The number of phenolic OH excluding ortho intramolecular Hbond substituents is 2. The number of aromatic carboxylic acids is 1. The van der Waals surface area contributed by atoms with Gasteiger partial charge in [0, 0.05) is 17.4 Å². The van der Waals surface area contributed by atoms with Crippen LogP contribution in [0.5, 0.6) is 11.5 Å². The molecule has 0 aliphatic carbocycles. The molecule has 0 saturated carbocycles. The first kappa shape index (κ1) is 16.4. The number of nitrogens with zero attached hydrogens (tertiary/aromatic N) is 2. The van der Waals surface area contributed by atoms with Crippen LogP contribution in [-0.4, -0.2) is 31.2 Å². The lowest BCUT2D eigenvalue weighted by atomic mass is 9.93. The molecule has 23 heavy (non-hydrogen) atoms. The van der Waals surface area contributed by atoms with Gasteiger partial charge in [0.05, 0.1) is 4.92 Å². The van der Waals surface area contributed by atoms with Gasteiger partial charge in [-0.1, -0.05) is 13.5 Å². The average Bonchev–Trinajstić information content (AvgIpc) is 2.98. The Morgan fingerprint density at radius 2 is 2.09 bits per heavy atom. The van der Waals surface area contributed by atoms with Gasteiger partial charge in [-0.3, -0.25) is 10.1 Å². The molecule has 2 aromatic rings. The van der Waals surface area contributed by atoms with Gasteiger partial charge in [0.15, 0.2) is 11.4 Å². The molecular weight excluding hydrogens is 324 g/mol. The topological polar surface area (TPSA) is 134 Å². The Bertz CT molecular complexity index is 814. The number of benzene rings is 1. The molecule has 0 saturated heterocycles. The van der Waals surface area contributed by atoms with Crippen molar-refractivity contribution in [2.24, 2.45) is 0 Å². The molecule has 0 bridgehead atoms. The number of nitro benzene ring substituents is 1. The molecule has 2 rings (SSSR count). The van der Waals surface area contributed by atoms with Crippen molar-refractivity contribution in [3.8, 4) is 11.5 Å². The Morgan fingerprint density at radius 1 is 1.43 bits per heavy atom. The quantitative estimate of drug-likeness (QED) is 0.434. The summed E-state index contributed by atoms with van der Waals surface area (Å²) in [4.78, 5) is 24.9. The largest absolute Gasteiger partial charge is 0.504 e. The number of carboxylic acids is 1. The third-order valence-corrected chi connectivity index (χ3v) is 4.23. The van der Waals surface area contributed by atoms with Crippen LogP contribution in [0.1, 0.15) is 33.9 Å². The first-order valence-corrected chi connectivity index (χ1v) is 7.18. The number of thiazole rings is 1. The number of hydrogen-bond acceptors (Lipinski definition) is 7. The summed E-state index contributed by atoms with van der Waals surface area (Å²) in [6.45, 7) is 5.52. The standard InChI is InChI=1S/C14H12N2O6S/c1-6(7(2)13-15-9(5-23-13)14(19)20)8-3-10(16(21)22)12(18)11(17)4-8/h3-6,17-18H,2H2,1H3,(H,19,20). The van der Waals surface area contributed by atoms with Gasteiger partial charge in [0.25, 0.3) is 0 Å². The van der Waals surface area contributed by atoms with Crippen molar-refractivity contribution in [1.82, 2.24) is 4.98 Å². The van der Waals surface area contributed by atoms with Gasteiger partial charge in [0.1, 0.15) is 5.01 Å². The number of aromatic hydroxyl groups is 2. The highest BCUT2D eigenvalue weighted by Gasteiger charge is 2.23. The van der Waals surface area contributed by atoms with E-state index >= 15 is 0 Å². The Hall–Kier alpha value is -2.94. The Kier molecular flexibility index (Phi) is 4.32. The molecule has 0 aliphatic heterocycles. The van der Waals surface area contributed by atoms with E-state index in [4.69, 9.17) is 5.11 Å². The van der Waals surface area contributed by atoms with Crippen LogP contribution in [0.2, 0.25) is 0 Å². The van der Waals surface area contributed by atoms with E-state index in [2.05, 4.69) is 11.6 Å². The van der Waals surface area contributed by atoms with E-state index in [0.29, 0.717) is 16.1 Å². The molecule has 0 radical (unpaired) electrons. The molecule has 9 heteroatoms. The monoisotopic (exact) mass is 336 g/mol. The van der Waals surface area contributed by atoms with Crippen LogP contribution in [0.4, 0.5) is 5.69 Å². The summed E-state index contributed by atoms with van der Waals surface area (Å²) in [5.74, 6) is -3.06. The average molecular weight is 336 g/mol. The summed E-state index contributed by atoms with van der Waals surface area (Å²) in [7, 11) is 0. The Balaban J connectivity index is 2.39. The van der Waals surface area contributed by atoms with E-state index in [1.54, 1.807) is 6.92 Å². The predicted octanol–water partition coefficient (Wildman–Crippen LogP) is 2.98. The highest BCUT2D eigenvalue weighted by molar-refractivity contribution is 7.11. The lowest BCUT2D eigenvalue weighted by Gasteiger charge is -2.14. The fourth-order valence-electron chi connectivity index (χ4n) is 1.92. The predicted molar refractivity (Wildman–Crippen MR) is 82.9 cm³/mol. The van der Waals surface area contributed by atoms with Crippen molar-refractivity contribution in [2.45, 2.75) is 12.8 Å². The van der Waals surface area contributed by atoms with Gasteiger partial charge in [-0.2, -0.15) is 0 Å². The van der Waals surface area contributed by atoms with E-state index in [0.717, 1.165) is 17.4 Å². The summed E-state index contributed by atoms with van der Waals surface area (Å²) < 4.78 is 0. The summed E-state index contributed by atoms with van der Waals surface area (Å²) in [5.41, 5.74) is 0.0638. The van der Waals surface area contributed by atoms with Gasteiger partial charge >= 0.3 is 11.7 Å². The maximum atomic E-state index is 10.9. The smallest absolute Gasteiger partial charge is 0.355 e. The minimum Gasteiger partial charge on any atom is -0.504 e.